The third-order valence-corrected chi connectivity index (χ3v) is 5.69. The van der Waals surface area contributed by atoms with Gasteiger partial charge in [0.15, 0.2) is 5.16 Å². The van der Waals surface area contributed by atoms with Crippen LogP contribution >= 0.6 is 23.1 Å². The Morgan fingerprint density at radius 2 is 2.23 bits per heavy atom. The number of hydrogen-bond donors (Lipinski definition) is 0. The number of thiophene rings is 1. The molecule has 0 saturated heterocycles. The zero-order valence-corrected chi connectivity index (χ0v) is 14.1. The van der Waals surface area contributed by atoms with E-state index in [9.17, 15) is 0 Å². The molecule has 1 aliphatic rings. The zero-order chi connectivity index (χ0) is 14.9. The highest BCUT2D eigenvalue weighted by atomic mass is 32.2. The quantitative estimate of drug-likeness (QED) is 0.538. The predicted octanol–water partition coefficient (Wildman–Crippen LogP) is 3.97. The SMILES string of the molecule is CSc1ncc2c(n1)CCN(Cc1cc3ccccc3s1)C2. The summed E-state index contributed by atoms with van der Waals surface area (Å²) in [4.78, 5) is 13.0. The lowest BCUT2D eigenvalue weighted by atomic mass is 10.1. The highest BCUT2D eigenvalue weighted by molar-refractivity contribution is 7.98. The molecule has 5 heteroatoms. The van der Waals surface area contributed by atoms with E-state index in [2.05, 4.69) is 45.2 Å². The number of benzene rings is 1. The van der Waals surface area contributed by atoms with Gasteiger partial charge >= 0.3 is 0 Å². The van der Waals surface area contributed by atoms with E-state index in [1.807, 2.05) is 23.8 Å². The predicted molar refractivity (Wildman–Crippen MR) is 93.5 cm³/mol. The first-order valence-electron chi connectivity index (χ1n) is 7.40. The highest BCUT2D eigenvalue weighted by Gasteiger charge is 2.19. The lowest BCUT2D eigenvalue weighted by molar-refractivity contribution is 0.244. The Balaban J connectivity index is 1.52. The largest absolute Gasteiger partial charge is 0.293 e. The van der Waals surface area contributed by atoms with Gasteiger partial charge in [-0.1, -0.05) is 30.0 Å². The first-order valence-corrected chi connectivity index (χ1v) is 9.44. The van der Waals surface area contributed by atoms with Crippen molar-refractivity contribution in [3.05, 3.63) is 52.7 Å². The summed E-state index contributed by atoms with van der Waals surface area (Å²) in [5.74, 6) is 0. The fourth-order valence-electron chi connectivity index (χ4n) is 2.92. The first-order chi connectivity index (χ1) is 10.8. The Hall–Kier alpha value is -1.43. The average molecular weight is 327 g/mol. The maximum absolute atomic E-state index is 4.64. The Bertz CT molecular complexity index is 780. The monoisotopic (exact) mass is 327 g/mol. The van der Waals surface area contributed by atoms with Crippen LogP contribution in [0.15, 0.2) is 41.7 Å². The second-order valence-corrected chi connectivity index (χ2v) is 7.48. The molecule has 0 unspecified atom stereocenters. The average Bonchev–Trinajstić information content (AvgIpc) is 2.96. The molecular formula is C17H17N3S2. The van der Waals surface area contributed by atoms with Crippen molar-refractivity contribution < 1.29 is 0 Å². The number of fused-ring (bicyclic) bond motifs is 2. The zero-order valence-electron chi connectivity index (χ0n) is 12.5. The maximum atomic E-state index is 4.64. The van der Waals surface area contributed by atoms with Gasteiger partial charge in [-0.15, -0.1) is 11.3 Å². The Morgan fingerprint density at radius 1 is 1.32 bits per heavy atom. The molecule has 3 nitrogen and oxygen atoms in total. The third kappa shape index (κ3) is 2.76. The number of nitrogens with zero attached hydrogens (tertiary/aromatic N) is 3. The van der Waals surface area contributed by atoms with Crippen molar-refractivity contribution in [2.45, 2.75) is 24.7 Å². The number of hydrogen-bond acceptors (Lipinski definition) is 5. The minimum Gasteiger partial charge on any atom is -0.293 e. The van der Waals surface area contributed by atoms with Crippen LogP contribution in [0.2, 0.25) is 0 Å². The van der Waals surface area contributed by atoms with E-state index in [0.29, 0.717) is 0 Å². The van der Waals surface area contributed by atoms with Crippen LogP contribution in [0.3, 0.4) is 0 Å². The van der Waals surface area contributed by atoms with E-state index in [4.69, 9.17) is 0 Å². The maximum Gasteiger partial charge on any atom is 0.187 e. The molecule has 0 atom stereocenters. The Labute approximate surface area is 138 Å². The van der Waals surface area contributed by atoms with Gasteiger partial charge in [-0.3, -0.25) is 4.90 Å². The molecule has 3 heterocycles. The highest BCUT2D eigenvalue weighted by Crippen LogP contribution is 2.28. The lowest BCUT2D eigenvalue weighted by Crippen LogP contribution is -2.30. The molecule has 0 N–H and O–H groups in total. The molecule has 0 aliphatic carbocycles. The van der Waals surface area contributed by atoms with E-state index in [0.717, 1.165) is 31.2 Å². The van der Waals surface area contributed by atoms with Gasteiger partial charge in [0.1, 0.15) is 0 Å². The number of aromatic nitrogens is 2. The van der Waals surface area contributed by atoms with Crippen molar-refractivity contribution in [2.75, 3.05) is 12.8 Å². The van der Waals surface area contributed by atoms with Crippen molar-refractivity contribution in [3.8, 4) is 0 Å². The molecule has 0 saturated carbocycles. The van der Waals surface area contributed by atoms with E-state index < -0.39 is 0 Å². The van der Waals surface area contributed by atoms with Gasteiger partial charge in [0, 0.05) is 47.4 Å². The molecule has 0 spiro atoms. The van der Waals surface area contributed by atoms with Crippen molar-refractivity contribution >= 4 is 33.2 Å². The molecule has 0 radical (unpaired) electrons. The van der Waals surface area contributed by atoms with Crippen LogP contribution in [0.1, 0.15) is 16.1 Å². The molecule has 3 aromatic rings. The van der Waals surface area contributed by atoms with Crippen molar-refractivity contribution in [2.24, 2.45) is 0 Å². The molecule has 0 bridgehead atoms. The summed E-state index contributed by atoms with van der Waals surface area (Å²) in [7, 11) is 0. The van der Waals surface area contributed by atoms with Gasteiger partial charge in [0.25, 0.3) is 0 Å². The molecule has 2 aromatic heterocycles. The fraction of sp³-hybridized carbons (Fsp3) is 0.294. The topological polar surface area (TPSA) is 29.0 Å². The second kappa shape index (κ2) is 5.99. The summed E-state index contributed by atoms with van der Waals surface area (Å²) in [6.45, 7) is 3.05. The van der Waals surface area contributed by atoms with Crippen LogP contribution < -0.4 is 0 Å². The molecule has 112 valence electrons. The normalized spacial score (nSPS) is 15.1. The van der Waals surface area contributed by atoms with Crippen molar-refractivity contribution in [1.82, 2.24) is 14.9 Å². The molecule has 1 aromatic carbocycles. The number of thioether (sulfide) groups is 1. The van der Waals surface area contributed by atoms with Crippen LogP contribution in [-0.2, 0) is 19.5 Å². The third-order valence-electron chi connectivity index (χ3n) is 4.03. The van der Waals surface area contributed by atoms with Crippen LogP contribution in [0.5, 0.6) is 0 Å². The van der Waals surface area contributed by atoms with Gasteiger partial charge in [-0.2, -0.15) is 0 Å². The van der Waals surface area contributed by atoms with Gasteiger partial charge in [0.2, 0.25) is 0 Å². The van der Waals surface area contributed by atoms with E-state index >= 15 is 0 Å². The summed E-state index contributed by atoms with van der Waals surface area (Å²) >= 11 is 3.52. The Morgan fingerprint density at radius 3 is 3.09 bits per heavy atom. The van der Waals surface area contributed by atoms with Gasteiger partial charge < -0.3 is 0 Å². The summed E-state index contributed by atoms with van der Waals surface area (Å²) in [6.07, 6.45) is 5.06. The molecule has 22 heavy (non-hydrogen) atoms. The van der Waals surface area contributed by atoms with Crippen molar-refractivity contribution in [3.63, 3.8) is 0 Å². The summed E-state index contributed by atoms with van der Waals surface area (Å²) in [5.41, 5.74) is 2.51. The van der Waals surface area contributed by atoms with Gasteiger partial charge in [-0.25, -0.2) is 9.97 Å². The van der Waals surface area contributed by atoms with E-state index in [-0.39, 0.29) is 0 Å². The van der Waals surface area contributed by atoms with Gasteiger partial charge in [-0.05, 0) is 23.8 Å². The summed E-state index contributed by atoms with van der Waals surface area (Å²) < 4.78 is 1.38. The minimum atomic E-state index is 0.886. The van der Waals surface area contributed by atoms with Gasteiger partial charge in [0.05, 0.1) is 5.69 Å². The van der Waals surface area contributed by atoms with E-state index in [1.54, 1.807) is 11.8 Å². The van der Waals surface area contributed by atoms with Crippen LogP contribution in [-0.4, -0.2) is 27.7 Å². The molecule has 4 rings (SSSR count). The second-order valence-electron chi connectivity index (χ2n) is 5.54. The van der Waals surface area contributed by atoms with Crippen LogP contribution in [0.4, 0.5) is 0 Å². The van der Waals surface area contributed by atoms with Crippen molar-refractivity contribution in [1.29, 1.82) is 0 Å². The summed E-state index contributed by atoms with van der Waals surface area (Å²) in [5, 5.41) is 2.24. The minimum absolute atomic E-state index is 0.886. The Kier molecular flexibility index (Phi) is 3.86. The fourth-order valence-corrected chi connectivity index (χ4v) is 4.39. The van der Waals surface area contributed by atoms with Crippen LogP contribution in [0.25, 0.3) is 10.1 Å². The molecule has 0 fully saturated rings. The lowest BCUT2D eigenvalue weighted by Gasteiger charge is -2.27. The molecule has 1 aliphatic heterocycles. The molecular weight excluding hydrogens is 310 g/mol. The standard InChI is InChI=1S/C17H17N3S2/c1-21-17-18-9-13-10-20(7-6-15(13)19-17)11-14-8-12-4-2-3-5-16(12)22-14/h2-5,8-9H,6-7,10-11H2,1H3. The smallest absolute Gasteiger partial charge is 0.187 e. The van der Waals surface area contributed by atoms with Crippen LogP contribution in [0, 0.1) is 0 Å². The summed E-state index contributed by atoms with van der Waals surface area (Å²) in [6, 6.07) is 10.9. The van der Waals surface area contributed by atoms with E-state index in [1.165, 1.54) is 26.2 Å². The number of rotatable bonds is 3. The first kappa shape index (κ1) is 14.2. The molecule has 0 amide bonds.